The van der Waals surface area contributed by atoms with Gasteiger partial charge in [0.05, 0.1) is 0 Å². The van der Waals surface area contributed by atoms with E-state index in [4.69, 9.17) is 19.3 Å². The fourth-order valence-electron chi connectivity index (χ4n) is 1.34. The number of benzene rings is 2. The van der Waals surface area contributed by atoms with E-state index in [1.165, 1.54) is 7.14 Å². The van der Waals surface area contributed by atoms with Crippen molar-refractivity contribution in [1.82, 2.24) is 0 Å². The summed E-state index contributed by atoms with van der Waals surface area (Å²) in [6, 6.07) is 13.6. The summed E-state index contributed by atoms with van der Waals surface area (Å²) in [5.41, 5.74) is 2.16. The Labute approximate surface area is 147 Å². The van der Waals surface area contributed by atoms with E-state index in [0.29, 0.717) is 0 Å². The van der Waals surface area contributed by atoms with Crippen LogP contribution in [0.3, 0.4) is 0 Å². The van der Waals surface area contributed by atoms with Gasteiger partial charge in [0.1, 0.15) is 0 Å². The lowest BCUT2D eigenvalue weighted by Crippen LogP contribution is -1.82. The van der Waals surface area contributed by atoms with Crippen LogP contribution in [0, 0.1) is 44.2 Å². The molecule has 0 bridgehead atoms. The Morgan fingerprint density at radius 1 is 0.650 bits per heavy atom. The summed E-state index contributed by atoms with van der Waals surface area (Å²) < 4.78 is 2.60. The van der Waals surface area contributed by atoms with Crippen molar-refractivity contribution in [1.29, 1.82) is 0 Å². The first-order chi connectivity index (χ1) is 9.58. The highest BCUT2D eigenvalue weighted by atomic mass is 127. The predicted octanol–water partition coefficient (Wildman–Crippen LogP) is 4.53. The first kappa shape index (κ1) is 16.6. The minimum absolute atomic E-state index is 0.721. The summed E-state index contributed by atoms with van der Waals surface area (Å²) in [5, 5.41) is 0. The van der Waals surface area contributed by atoms with Gasteiger partial charge in [0.25, 0.3) is 0 Å². The normalized spacial score (nSPS) is 8.35. The van der Waals surface area contributed by atoms with Gasteiger partial charge in [0, 0.05) is 23.8 Å². The van der Waals surface area contributed by atoms with Crippen LogP contribution in [0.2, 0.25) is 0 Å². The van der Waals surface area contributed by atoms with Gasteiger partial charge in [-0.15, -0.1) is 19.3 Å². The molecule has 96 valence electrons. The van der Waals surface area contributed by atoms with Crippen LogP contribution >= 0.6 is 45.2 Å². The molecule has 0 aliphatic carbocycles. The van der Waals surface area contributed by atoms with E-state index in [1.54, 1.807) is 18.2 Å². The van der Waals surface area contributed by atoms with Crippen LogP contribution in [0.4, 0.5) is 0 Å². The molecule has 2 heteroatoms. The molecule has 0 amide bonds. The van der Waals surface area contributed by atoms with Gasteiger partial charge in [-0.1, -0.05) is 23.8 Å². The molecule has 0 nitrogen and oxygen atoms in total. The third-order valence-corrected chi connectivity index (χ3v) is 3.56. The van der Waals surface area contributed by atoms with Crippen molar-refractivity contribution in [2.45, 2.75) is 0 Å². The molecule has 0 saturated heterocycles. The van der Waals surface area contributed by atoms with Gasteiger partial charge in [0.15, 0.2) is 0 Å². The molecular weight excluding hydrogens is 470 g/mol. The minimum Gasteiger partial charge on any atom is -0.115 e. The zero-order valence-corrected chi connectivity index (χ0v) is 14.8. The van der Waals surface area contributed by atoms with Gasteiger partial charge in [-0.3, -0.25) is 0 Å². The maximum absolute atomic E-state index is 5.21. The molecule has 0 heterocycles. The lowest BCUT2D eigenvalue weighted by atomic mass is 10.1. The Bertz CT molecular complexity index is 626. The van der Waals surface area contributed by atoms with Gasteiger partial charge in [0.2, 0.25) is 0 Å². The van der Waals surface area contributed by atoms with Crippen molar-refractivity contribution >= 4 is 45.2 Å². The highest BCUT2D eigenvalue weighted by Gasteiger charge is 1.94. The molecule has 0 unspecified atom stereocenters. The fraction of sp³-hybridized carbons (Fsp3) is 0. The molecule has 0 N–H and O–H groups in total. The Morgan fingerprint density at radius 2 is 1.00 bits per heavy atom. The third kappa shape index (κ3) is 5.70. The molecule has 0 fully saturated rings. The quantitative estimate of drug-likeness (QED) is 0.385. The minimum atomic E-state index is 0.721. The van der Waals surface area contributed by atoms with Crippen molar-refractivity contribution in [3.05, 3.63) is 66.3 Å². The summed E-state index contributed by atoms with van der Waals surface area (Å²) in [6.07, 6.45) is 15.6. The van der Waals surface area contributed by atoms with Crippen LogP contribution in [-0.4, -0.2) is 0 Å². The van der Waals surface area contributed by atoms with Gasteiger partial charge in [-0.25, -0.2) is 0 Å². The highest BCUT2D eigenvalue weighted by Crippen LogP contribution is 2.09. The molecule has 0 radical (unpaired) electrons. The first-order valence-electron chi connectivity index (χ1n) is 5.55. The number of halogens is 2. The number of hydrogen-bond donors (Lipinski definition) is 0. The topological polar surface area (TPSA) is 0 Å². The third-order valence-electron chi connectivity index (χ3n) is 2.22. The van der Waals surface area contributed by atoms with Crippen molar-refractivity contribution in [3.8, 4) is 37.0 Å². The van der Waals surface area contributed by atoms with E-state index in [2.05, 4.69) is 87.2 Å². The molecule has 0 aliphatic heterocycles. The Balaban J connectivity index is 0.000000217. The Hall–Kier alpha value is -1.42. The maximum atomic E-state index is 5.21. The van der Waals surface area contributed by atoms with E-state index in [0.717, 1.165) is 16.7 Å². The lowest BCUT2D eigenvalue weighted by molar-refractivity contribution is 1.56. The van der Waals surface area contributed by atoms with Gasteiger partial charge < -0.3 is 0 Å². The van der Waals surface area contributed by atoms with Crippen LogP contribution in [0.15, 0.2) is 42.5 Å². The first-order valence-corrected chi connectivity index (χ1v) is 7.70. The van der Waals surface area contributed by atoms with Crippen LogP contribution in [0.25, 0.3) is 0 Å². The molecule has 0 atom stereocenters. The summed E-state index contributed by atoms with van der Waals surface area (Å²) in [4.78, 5) is 0. The summed E-state index contributed by atoms with van der Waals surface area (Å²) in [6.45, 7) is 0. The van der Waals surface area contributed by atoms with Crippen molar-refractivity contribution < 1.29 is 0 Å². The van der Waals surface area contributed by atoms with Gasteiger partial charge in [-0.2, -0.15) is 0 Å². The SMILES string of the molecule is C#Cc1cc(C#C)cc(C#C)c1.Ic1cccc(I)c1. The number of rotatable bonds is 0. The Kier molecular flexibility index (Phi) is 7.23. The number of hydrogen-bond acceptors (Lipinski definition) is 0. The summed E-state index contributed by atoms with van der Waals surface area (Å²) >= 11 is 4.60. The smallest absolute Gasteiger partial charge is 0.0267 e. The van der Waals surface area contributed by atoms with Crippen LogP contribution in [0.5, 0.6) is 0 Å². The zero-order chi connectivity index (χ0) is 15.0. The zero-order valence-electron chi connectivity index (χ0n) is 10.5. The molecule has 2 rings (SSSR count). The molecule has 0 aromatic heterocycles. The average Bonchev–Trinajstić information content (AvgIpc) is 2.47. The standard InChI is InChI=1S/C12H6.C6H4I2/c1-4-10-7-11(5-2)9-12(6-3)8-10;7-5-2-1-3-6(8)4-5/h1-3,7-9H;1-4H. The predicted molar refractivity (Wildman–Crippen MR) is 102 cm³/mol. The second kappa shape index (κ2) is 8.69. The summed E-state index contributed by atoms with van der Waals surface area (Å²) in [5.74, 6) is 7.46. The molecular formula is C18H10I2. The van der Waals surface area contributed by atoms with Crippen molar-refractivity contribution in [3.63, 3.8) is 0 Å². The molecule has 2 aromatic rings. The maximum Gasteiger partial charge on any atom is 0.0267 e. The molecule has 0 saturated carbocycles. The van der Waals surface area contributed by atoms with Crippen LogP contribution in [0.1, 0.15) is 16.7 Å². The summed E-state index contributed by atoms with van der Waals surface area (Å²) in [7, 11) is 0. The van der Waals surface area contributed by atoms with E-state index < -0.39 is 0 Å². The largest absolute Gasteiger partial charge is 0.115 e. The Morgan fingerprint density at radius 3 is 1.20 bits per heavy atom. The monoisotopic (exact) mass is 480 g/mol. The van der Waals surface area contributed by atoms with Crippen LogP contribution in [-0.2, 0) is 0 Å². The fourth-order valence-corrected chi connectivity index (χ4v) is 3.02. The average molecular weight is 480 g/mol. The van der Waals surface area contributed by atoms with Crippen molar-refractivity contribution in [2.24, 2.45) is 0 Å². The lowest BCUT2D eigenvalue weighted by Gasteiger charge is -1.95. The van der Waals surface area contributed by atoms with E-state index >= 15 is 0 Å². The molecule has 0 spiro atoms. The van der Waals surface area contributed by atoms with E-state index in [-0.39, 0.29) is 0 Å². The van der Waals surface area contributed by atoms with E-state index in [1.807, 2.05) is 0 Å². The second-order valence-corrected chi connectivity index (χ2v) is 6.16. The number of terminal acetylenes is 3. The highest BCUT2D eigenvalue weighted by molar-refractivity contribution is 14.1. The molecule has 0 aliphatic rings. The molecule has 20 heavy (non-hydrogen) atoms. The van der Waals surface area contributed by atoms with Crippen molar-refractivity contribution in [2.75, 3.05) is 0 Å². The van der Waals surface area contributed by atoms with E-state index in [9.17, 15) is 0 Å². The molecule has 2 aromatic carbocycles. The van der Waals surface area contributed by atoms with Gasteiger partial charge in [-0.05, 0) is 81.6 Å². The second-order valence-electron chi connectivity index (χ2n) is 3.67. The van der Waals surface area contributed by atoms with Gasteiger partial charge >= 0.3 is 0 Å². The van der Waals surface area contributed by atoms with Crippen LogP contribution < -0.4 is 0 Å².